The van der Waals surface area contributed by atoms with Gasteiger partial charge in [-0.15, -0.1) is 0 Å². The van der Waals surface area contributed by atoms with Crippen molar-refractivity contribution in [1.82, 2.24) is 0 Å². The van der Waals surface area contributed by atoms with Gasteiger partial charge in [0.15, 0.2) is 8.32 Å². The van der Waals surface area contributed by atoms with E-state index in [4.69, 9.17) is 8.85 Å². The molecule has 0 amide bonds. The minimum absolute atomic E-state index is 0.273. The highest BCUT2D eigenvalue weighted by Gasteiger charge is 2.25. The highest BCUT2D eigenvalue weighted by atomic mass is 29.2. The Hall–Kier alpha value is -0.179. The molecule has 3 nitrogen and oxygen atoms in total. The van der Waals surface area contributed by atoms with Gasteiger partial charge in [-0.1, -0.05) is 25.7 Å². The third kappa shape index (κ3) is 9.81. The van der Waals surface area contributed by atoms with Crippen molar-refractivity contribution in [2.75, 3.05) is 6.61 Å². The van der Waals surface area contributed by atoms with Crippen LogP contribution in [-0.2, 0) is 13.6 Å². The van der Waals surface area contributed by atoms with Crippen LogP contribution < -0.4 is 0 Å². The molecule has 0 saturated heterocycles. The molecule has 0 radical (unpaired) electrons. The lowest BCUT2D eigenvalue weighted by atomic mass is 10.4. The molecule has 0 N–H and O–H groups in total. The lowest BCUT2D eigenvalue weighted by molar-refractivity contribution is -0.138. The number of carbonyl (C=O) groups is 1. The van der Waals surface area contributed by atoms with Crippen LogP contribution in [0.4, 0.5) is 0 Å². The zero-order valence-corrected chi connectivity index (χ0v) is 16.2. The van der Waals surface area contributed by atoms with Crippen molar-refractivity contribution in [2.24, 2.45) is 0 Å². The summed E-state index contributed by atoms with van der Waals surface area (Å²) in [6, 6.07) is 1.19. The Morgan fingerprint density at radius 1 is 1.22 bits per heavy atom. The van der Waals surface area contributed by atoms with E-state index in [2.05, 4.69) is 39.3 Å². The van der Waals surface area contributed by atoms with Gasteiger partial charge in [-0.3, -0.25) is 0 Å². The smallest absolute Gasteiger partial charge is 0.333 e. The molecule has 0 spiro atoms. The number of rotatable bonds is 8. The van der Waals surface area contributed by atoms with E-state index in [1.165, 1.54) is 6.04 Å². The van der Waals surface area contributed by atoms with Gasteiger partial charge in [-0.2, -0.15) is 0 Å². The summed E-state index contributed by atoms with van der Waals surface area (Å²) in [5.41, 5.74) is 0.475. The summed E-state index contributed by atoms with van der Waals surface area (Å²) < 4.78 is 11.2. The van der Waals surface area contributed by atoms with E-state index in [-0.39, 0.29) is 15.2 Å². The Morgan fingerprint density at radius 3 is 2.22 bits per heavy atom. The zero-order chi connectivity index (χ0) is 14.4. The van der Waals surface area contributed by atoms with Crippen LogP contribution in [-0.4, -0.2) is 37.8 Å². The lowest BCUT2D eigenvalue weighted by Gasteiger charge is -2.27. The maximum absolute atomic E-state index is 11.2. The van der Waals surface area contributed by atoms with Crippen LogP contribution in [0.5, 0.6) is 0 Å². The van der Waals surface area contributed by atoms with Gasteiger partial charge >= 0.3 is 5.97 Å². The van der Waals surface area contributed by atoms with Crippen LogP contribution in [0, 0.1) is 0 Å². The van der Waals surface area contributed by atoms with Crippen LogP contribution in [0.3, 0.4) is 0 Å². The second-order valence-corrected chi connectivity index (χ2v) is 23.7. The van der Waals surface area contributed by atoms with Gasteiger partial charge in [0.05, 0.1) is 14.2 Å². The molecule has 0 rings (SSSR count). The fraction of sp³-hybridized carbons (Fsp3) is 0.750. The molecule has 0 bridgehead atoms. The first-order valence-corrected chi connectivity index (χ1v) is 16.0. The molecule has 0 unspecified atom stereocenters. The highest BCUT2D eigenvalue weighted by molar-refractivity contribution is 7.22. The van der Waals surface area contributed by atoms with Crippen LogP contribution in [0.2, 0.25) is 38.8 Å². The van der Waals surface area contributed by atoms with Crippen LogP contribution in [0.15, 0.2) is 12.2 Å². The molecule has 0 aromatic heterocycles. The number of hydrogen-bond acceptors (Lipinski definition) is 3. The van der Waals surface area contributed by atoms with E-state index in [0.29, 0.717) is 12.2 Å². The topological polar surface area (TPSA) is 35.5 Å². The fourth-order valence-electron chi connectivity index (χ4n) is 1.32. The van der Waals surface area contributed by atoms with Crippen LogP contribution >= 0.6 is 0 Å². The Labute approximate surface area is 116 Å². The van der Waals surface area contributed by atoms with Gasteiger partial charge in [0.25, 0.3) is 0 Å². The van der Waals surface area contributed by atoms with Gasteiger partial charge in [0.1, 0.15) is 9.28 Å². The standard InChI is InChI=1S/C12H28O3Si3/c1-11(2)12(13)14-9-8-10-18(6,7)16-15-17(3,4)5/h1,8-10,16H2,2-7H3. The molecule has 0 aliphatic rings. The number of ether oxygens (including phenoxy) is 1. The molecule has 0 saturated carbocycles. The minimum atomic E-state index is -1.35. The van der Waals surface area contributed by atoms with E-state index in [1.54, 1.807) is 6.92 Å². The predicted octanol–water partition coefficient (Wildman–Crippen LogP) is 2.64. The average Bonchev–Trinajstić information content (AvgIpc) is 2.20. The lowest BCUT2D eigenvalue weighted by Crippen LogP contribution is -2.42. The largest absolute Gasteiger partial charge is 0.463 e. The van der Waals surface area contributed by atoms with Crippen LogP contribution in [0.1, 0.15) is 13.3 Å². The molecule has 0 atom stereocenters. The van der Waals surface area contributed by atoms with Gasteiger partial charge in [-0.05, 0) is 33.0 Å². The molecule has 0 aromatic carbocycles. The first kappa shape index (κ1) is 17.8. The third-order valence-electron chi connectivity index (χ3n) is 2.48. The Kier molecular flexibility index (Phi) is 7.35. The van der Waals surface area contributed by atoms with E-state index >= 15 is 0 Å². The minimum Gasteiger partial charge on any atom is -0.463 e. The summed E-state index contributed by atoms with van der Waals surface area (Å²) in [7, 11) is -2.91. The van der Waals surface area contributed by atoms with Crippen molar-refractivity contribution in [3.05, 3.63) is 12.2 Å². The second-order valence-electron chi connectivity index (χ2n) is 6.59. The number of carbonyl (C=O) groups excluding carboxylic acids is 1. The van der Waals surface area contributed by atoms with Crippen molar-refractivity contribution >= 4 is 31.2 Å². The van der Waals surface area contributed by atoms with E-state index < -0.39 is 15.9 Å². The predicted molar refractivity (Wildman–Crippen MR) is 85.7 cm³/mol. The molecular formula is C12H28O3Si3. The van der Waals surface area contributed by atoms with Crippen molar-refractivity contribution in [1.29, 1.82) is 0 Å². The molecule has 0 heterocycles. The molecule has 0 aliphatic carbocycles. The quantitative estimate of drug-likeness (QED) is 0.299. The third-order valence-corrected chi connectivity index (χ3v) is 13.7. The molecule has 0 aliphatic heterocycles. The van der Waals surface area contributed by atoms with Gasteiger partial charge in [0, 0.05) is 5.57 Å². The summed E-state index contributed by atoms with van der Waals surface area (Å²) in [5.74, 6) is -0.273. The van der Waals surface area contributed by atoms with Gasteiger partial charge in [0.2, 0.25) is 0 Å². The molecule has 0 aromatic rings. The number of esters is 1. The van der Waals surface area contributed by atoms with Crippen molar-refractivity contribution in [3.63, 3.8) is 0 Å². The Balaban J connectivity index is 3.84. The normalized spacial score (nSPS) is 13.0. The van der Waals surface area contributed by atoms with Crippen molar-refractivity contribution < 1.29 is 13.6 Å². The fourth-order valence-corrected chi connectivity index (χ4v) is 14.5. The highest BCUT2D eigenvalue weighted by Crippen LogP contribution is 2.14. The maximum Gasteiger partial charge on any atom is 0.333 e. The summed E-state index contributed by atoms with van der Waals surface area (Å²) in [5, 5.41) is 0. The Morgan fingerprint density at radius 2 is 1.78 bits per heavy atom. The molecule has 18 heavy (non-hydrogen) atoms. The summed E-state index contributed by atoms with van der Waals surface area (Å²) in [6.45, 7) is 17.3. The second kappa shape index (κ2) is 7.42. The summed E-state index contributed by atoms with van der Waals surface area (Å²) in [6.07, 6.45) is 0.959. The average molecular weight is 305 g/mol. The van der Waals surface area contributed by atoms with Gasteiger partial charge < -0.3 is 8.85 Å². The number of hydrogen-bond donors (Lipinski definition) is 0. The summed E-state index contributed by atoms with van der Waals surface area (Å²) >= 11 is 0. The maximum atomic E-state index is 11.2. The van der Waals surface area contributed by atoms with Crippen molar-refractivity contribution in [2.45, 2.75) is 52.1 Å². The van der Waals surface area contributed by atoms with E-state index in [1.807, 2.05) is 0 Å². The van der Waals surface area contributed by atoms with E-state index in [9.17, 15) is 4.79 Å². The summed E-state index contributed by atoms with van der Waals surface area (Å²) in [4.78, 5) is 11.2. The molecule has 0 fully saturated rings. The van der Waals surface area contributed by atoms with E-state index in [0.717, 1.165) is 6.42 Å². The molecule has 6 heteroatoms. The molecular weight excluding hydrogens is 276 g/mol. The zero-order valence-electron chi connectivity index (χ0n) is 12.8. The van der Waals surface area contributed by atoms with Crippen LogP contribution in [0.25, 0.3) is 0 Å². The van der Waals surface area contributed by atoms with Gasteiger partial charge in [-0.25, -0.2) is 4.79 Å². The van der Waals surface area contributed by atoms with Crippen molar-refractivity contribution in [3.8, 4) is 0 Å². The SMILES string of the molecule is C=C(C)C(=O)OCCC[Si](C)(C)[SiH2]O[Si](C)(C)C. The first-order valence-electron chi connectivity index (χ1n) is 6.50. The monoisotopic (exact) mass is 304 g/mol. The molecule has 106 valence electrons. The first-order chi connectivity index (χ1) is 8.03. The Bertz CT molecular complexity index is 295.